The average molecular weight is 237 g/mol. The monoisotopic (exact) mass is 237 g/mol. The molecule has 0 saturated heterocycles. The first-order chi connectivity index (χ1) is 7.36. The van der Waals surface area contributed by atoms with E-state index in [9.17, 15) is 22.0 Å². The van der Waals surface area contributed by atoms with Gasteiger partial charge in [0.05, 0.1) is 11.1 Å². The zero-order valence-electron chi connectivity index (χ0n) is 7.55. The molecular formula is C9H4F5NO. The van der Waals surface area contributed by atoms with Crippen LogP contribution < -0.4 is 4.74 Å². The zero-order valence-corrected chi connectivity index (χ0v) is 7.55. The largest absolute Gasteiger partial charge is 0.433 e. The normalized spacial score (nSPS) is 11.3. The fourth-order valence-electron chi connectivity index (χ4n) is 1.06. The molecule has 0 bridgehead atoms. The topological polar surface area (TPSA) is 33.0 Å². The Hall–Kier alpha value is -1.84. The summed E-state index contributed by atoms with van der Waals surface area (Å²) in [6, 6.07) is 3.83. The first-order valence-electron chi connectivity index (χ1n) is 3.91. The van der Waals surface area contributed by atoms with Crippen molar-refractivity contribution in [2.75, 3.05) is 0 Å². The second-order valence-corrected chi connectivity index (χ2v) is 2.67. The molecule has 0 aliphatic carbocycles. The first-order valence-corrected chi connectivity index (χ1v) is 3.91. The number of ether oxygens (including phenoxy) is 1. The van der Waals surface area contributed by atoms with Crippen LogP contribution in [0.4, 0.5) is 22.0 Å². The Kier molecular flexibility index (Phi) is 3.32. The standard InChI is InChI=1S/C9H4F5NO/c10-8(11)16-7-5(4-15)2-1-3-6(7)9(12,13)14/h1-3,8H. The minimum Gasteiger partial charge on any atom is -0.433 e. The van der Waals surface area contributed by atoms with Gasteiger partial charge in [-0.3, -0.25) is 0 Å². The van der Waals surface area contributed by atoms with Crippen molar-refractivity contribution in [2.45, 2.75) is 12.8 Å². The van der Waals surface area contributed by atoms with E-state index in [1.165, 1.54) is 6.07 Å². The molecule has 1 aromatic rings. The molecule has 0 unspecified atom stereocenters. The van der Waals surface area contributed by atoms with Gasteiger partial charge in [0.2, 0.25) is 0 Å². The summed E-state index contributed by atoms with van der Waals surface area (Å²) in [6.07, 6.45) is -4.85. The van der Waals surface area contributed by atoms with E-state index in [4.69, 9.17) is 5.26 Å². The molecule has 86 valence electrons. The molecule has 0 amide bonds. The Morgan fingerprint density at radius 3 is 2.31 bits per heavy atom. The fraction of sp³-hybridized carbons (Fsp3) is 0.222. The summed E-state index contributed by atoms with van der Waals surface area (Å²) >= 11 is 0. The van der Waals surface area contributed by atoms with Crippen LogP contribution in [0, 0.1) is 11.3 Å². The molecule has 16 heavy (non-hydrogen) atoms. The Morgan fingerprint density at radius 2 is 1.88 bits per heavy atom. The van der Waals surface area contributed by atoms with E-state index < -0.39 is 29.7 Å². The second-order valence-electron chi connectivity index (χ2n) is 2.67. The maximum absolute atomic E-state index is 12.4. The number of alkyl halides is 5. The van der Waals surface area contributed by atoms with Gasteiger partial charge in [0.25, 0.3) is 0 Å². The molecule has 0 fully saturated rings. The third kappa shape index (κ3) is 2.59. The summed E-state index contributed by atoms with van der Waals surface area (Å²) < 4.78 is 64.7. The van der Waals surface area contributed by atoms with E-state index in [2.05, 4.69) is 4.74 Å². The third-order valence-electron chi connectivity index (χ3n) is 1.65. The molecule has 0 N–H and O–H groups in total. The molecule has 0 radical (unpaired) electrons. The van der Waals surface area contributed by atoms with Crippen molar-refractivity contribution in [1.29, 1.82) is 5.26 Å². The number of halogens is 5. The van der Waals surface area contributed by atoms with Crippen LogP contribution in [-0.4, -0.2) is 6.61 Å². The van der Waals surface area contributed by atoms with Crippen LogP contribution in [0.1, 0.15) is 11.1 Å². The lowest BCUT2D eigenvalue weighted by atomic mass is 10.1. The number of nitrogens with zero attached hydrogens (tertiary/aromatic N) is 1. The number of hydrogen-bond acceptors (Lipinski definition) is 2. The van der Waals surface area contributed by atoms with E-state index >= 15 is 0 Å². The van der Waals surface area contributed by atoms with Crippen molar-refractivity contribution in [2.24, 2.45) is 0 Å². The Morgan fingerprint density at radius 1 is 1.25 bits per heavy atom. The molecule has 1 aromatic carbocycles. The van der Waals surface area contributed by atoms with E-state index in [1.54, 1.807) is 0 Å². The van der Waals surface area contributed by atoms with Crippen molar-refractivity contribution in [1.82, 2.24) is 0 Å². The van der Waals surface area contributed by atoms with Crippen LogP contribution in [-0.2, 0) is 6.18 Å². The predicted octanol–water partition coefficient (Wildman–Crippen LogP) is 3.18. The maximum atomic E-state index is 12.4. The van der Waals surface area contributed by atoms with Crippen molar-refractivity contribution in [3.05, 3.63) is 29.3 Å². The number of hydrogen-bond donors (Lipinski definition) is 0. The maximum Gasteiger partial charge on any atom is 0.420 e. The number of nitriles is 1. The lowest BCUT2D eigenvalue weighted by Crippen LogP contribution is -2.12. The molecule has 0 aliphatic rings. The third-order valence-corrected chi connectivity index (χ3v) is 1.65. The van der Waals surface area contributed by atoms with Gasteiger partial charge in [0, 0.05) is 0 Å². The van der Waals surface area contributed by atoms with Crippen molar-refractivity contribution in [3.63, 3.8) is 0 Å². The smallest absolute Gasteiger partial charge is 0.420 e. The Bertz CT molecular complexity index is 421. The van der Waals surface area contributed by atoms with Crippen LogP contribution in [0.25, 0.3) is 0 Å². The molecule has 0 heterocycles. The van der Waals surface area contributed by atoms with Crippen LogP contribution in [0.15, 0.2) is 18.2 Å². The van der Waals surface area contributed by atoms with Crippen LogP contribution in [0.5, 0.6) is 5.75 Å². The zero-order chi connectivity index (χ0) is 12.3. The van der Waals surface area contributed by atoms with E-state index in [0.717, 1.165) is 12.1 Å². The van der Waals surface area contributed by atoms with E-state index in [1.807, 2.05) is 0 Å². The summed E-state index contributed by atoms with van der Waals surface area (Å²) in [4.78, 5) is 0. The molecule has 0 atom stereocenters. The summed E-state index contributed by atoms with van der Waals surface area (Å²) in [5.74, 6) is -1.15. The van der Waals surface area contributed by atoms with Gasteiger partial charge in [0.1, 0.15) is 6.07 Å². The van der Waals surface area contributed by atoms with Crippen molar-refractivity contribution < 1.29 is 26.7 Å². The van der Waals surface area contributed by atoms with Gasteiger partial charge < -0.3 is 4.74 Å². The van der Waals surface area contributed by atoms with Crippen LogP contribution in [0.2, 0.25) is 0 Å². The minimum atomic E-state index is -4.85. The molecule has 0 aliphatic heterocycles. The van der Waals surface area contributed by atoms with Crippen LogP contribution in [0.3, 0.4) is 0 Å². The average Bonchev–Trinajstić information content (AvgIpc) is 2.15. The van der Waals surface area contributed by atoms with Gasteiger partial charge in [-0.2, -0.15) is 27.2 Å². The van der Waals surface area contributed by atoms with Gasteiger partial charge in [-0.25, -0.2) is 0 Å². The van der Waals surface area contributed by atoms with Gasteiger partial charge in [-0.15, -0.1) is 0 Å². The van der Waals surface area contributed by atoms with Gasteiger partial charge in [-0.1, -0.05) is 6.07 Å². The van der Waals surface area contributed by atoms with Crippen molar-refractivity contribution in [3.8, 4) is 11.8 Å². The molecule has 0 saturated carbocycles. The number of rotatable bonds is 2. The fourth-order valence-corrected chi connectivity index (χ4v) is 1.06. The summed E-state index contributed by atoms with van der Waals surface area (Å²) in [5.41, 5.74) is -1.98. The lowest BCUT2D eigenvalue weighted by molar-refractivity contribution is -0.141. The highest BCUT2D eigenvalue weighted by molar-refractivity contribution is 5.49. The summed E-state index contributed by atoms with van der Waals surface area (Å²) in [6.45, 7) is -3.42. The summed E-state index contributed by atoms with van der Waals surface area (Å²) in [7, 11) is 0. The molecule has 7 heteroatoms. The summed E-state index contributed by atoms with van der Waals surface area (Å²) in [5, 5.41) is 8.48. The highest BCUT2D eigenvalue weighted by Crippen LogP contribution is 2.38. The number of para-hydroxylation sites is 1. The molecular weight excluding hydrogens is 233 g/mol. The van der Waals surface area contributed by atoms with Gasteiger partial charge in [0.15, 0.2) is 5.75 Å². The highest BCUT2D eigenvalue weighted by atomic mass is 19.4. The van der Waals surface area contributed by atoms with Gasteiger partial charge in [-0.05, 0) is 12.1 Å². The van der Waals surface area contributed by atoms with Crippen LogP contribution >= 0.6 is 0 Å². The molecule has 0 spiro atoms. The van der Waals surface area contributed by atoms with E-state index in [0.29, 0.717) is 6.07 Å². The molecule has 2 nitrogen and oxygen atoms in total. The molecule has 1 rings (SSSR count). The van der Waals surface area contributed by atoms with E-state index in [-0.39, 0.29) is 0 Å². The Balaban J connectivity index is 3.33. The first kappa shape index (κ1) is 12.2. The SMILES string of the molecule is N#Cc1cccc(C(F)(F)F)c1OC(F)F. The minimum absolute atomic E-state index is 0.568. The Labute approximate surface area is 86.9 Å². The second kappa shape index (κ2) is 4.35. The van der Waals surface area contributed by atoms with Crippen molar-refractivity contribution >= 4 is 0 Å². The number of benzene rings is 1. The predicted molar refractivity (Wildman–Crippen MR) is 42.8 cm³/mol. The molecule has 0 aromatic heterocycles. The van der Waals surface area contributed by atoms with Gasteiger partial charge >= 0.3 is 12.8 Å². The quantitative estimate of drug-likeness (QED) is 0.740. The lowest BCUT2D eigenvalue weighted by Gasteiger charge is -2.14. The highest BCUT2D eigenvalue weighted by Gasteiger charge is 2.36.